The van der Waals surface area contributed by atoms with Gasteiger partial charge in [-0.1, -0.05) is 48.2 Å². The Morgan fingerprint density at radius 1 is 1.41 bits per heavy atom. The standard InChI is InChI=1S/C17H21N3OS/c1-4-10-20-15(14-8-6-5-7-9-14)11-18-17(20)22-12-16(21)19-13(2)3/h4-9,11,13H,1,10,12H2,2-3H3,(H,19,21). The summed E-state index contributed by atoms with van der Waals surface area (Å²) in [7, 11) is 0. The molecule has 1 heterocycles. The molecule has 0 atom stereocenters. The molecule has 0 aliphatic heterocycles. The molecule has 0 fully saturated rings. The zero-order valence-corrected chi connectivity index (χ0v) is 13.8. The van der Waals surface area contributed by atoms with E-state index in [4.69, 9.17) is 0 Å². The van der Waals surface area contributed by atoms with Gasteiger partial charge in [0, 0.05) is 12.6 Å². The lowest BCUT2D eigenvalue weighted by atomic mass is 10.2. The van der Waals surface area contributed by atoms with Gasteiger partial charge in [0.05, 0.1) is 17.6 Å². The van der Waals surface area contributed by atoms with Crippen molar-refractivity contribution in [3.8, 4) is 11.3 Å². The third-order valence-electron chi connectivity index (χ3n) is 2.98. The minimum atomic E-state index is 0.0226. The van der Waals surface area contributed by atoms with Crippen LogP contribution < -0.4 is 5.32 Å². The zero-order valence-electron chi connectivity index (χ0n) is 13.0. The van der Waals surface area contributed by atoms with E-state index in [0.717, 1.165) is 16.4 Å². The van der Waals surface area contributed by atoms with Crippen LogP contribution in [0.1, 0.15) is 13.8 Å². The number of allylic oxidation sites excluding steroid dienone is 1. The highest BCUT2D eigenvalue weighted by Gasteiger charge is 2.13. The van der Waals surface area contributed by atoms with Gasteiger partial charge in [0.25, 0.3) is 0 Å². The highest BCUT2D eigenvalue weighted by atomic mass is 32.2. The van der Waals surface area contributed by atoms with E-state index >= 15 is 0 Å². The van der Waals surface area contributed by atoms with E-state index in [-0.39, 0.29) is 11.9 Å². The summed E-state index contributed by atoms with van der Waals surface area (Å²) in [6, 6.07) is 10.3. The number of thioether (sulfide) groups is 1. The fraction of sp³-hybridized carbons (Fsp3) is 0.294. The highest BCUT2D eigenvalue weighted by Crippen LogP contribution is 2.26. The lowest BCUT2D eigenvalue weighted by molar-refractivity contribution is -0.119. The molecule has 0 spiro atoms. The molecule has 2 aromatic rings. The molecule has 0 bridgehead atoms. The lowest BCUT2D eigenvalue weighted by Crippen LogP contribution is -2.31. The van der Waals surface area contributed by atoms with Gasteiger partial charge in [-0.3, -0.25) is 4.79 Å². The van der Waals surface area contributed by atoms with Gasteiger partial charge in [-0.2, -0.15) is 0 Å². The van der Waals surface area contributed by atoms with Crippen molar-refractivity contribution in [3.05, 3.63) is 49.2 Å². The number of hydrogen-bond donors (Lipinski definition) is 1. The van der Waals surface area contributed by atoms with Crippen LogP contribution in [0.3, 0.4) is 0 Å². The molecule has 0 saturated heterocycles. The van der Waals surface area contributed by atoms with Gasteiger partial charge in [-0.15, -0.1) is 6.58 Å². The molecule has 5 heteroatoms. The Hall–Kier alpha value is -2.01. The van der Waals surface area contributed by atoms with E-state index in [0.29, 0.717) is 12.3 Å². The number of aromatic nitrogens is 2. The number of nitrogens with one attached hydrogen (secondary N) is 1. The smallest absolute Gasteiger partial charge is 0.230 e. The maximum absolute atomic E-state index is 11.8. The monoisotopic (exact) mass is 315 g/mol. The summed E-state index contributed by atoms with van der Waals surface area (Å²) in [4.78, 5) is 16.2. The van der Waals surface area contributed by atoms with Crippen LogP contribution in [0.25, 0.3) is 11.3 Å². The summed E-state index contributed by atoms with van der Waals surface area (Å²) in [6.45, 7) is 8.38. The molecule has 0 aliphatic rings. The Morgan fingerprint density at radius 3 is 2.77 bits per heavy atom. The first-order valence-electron chi connectivity index (χ1n) is 7.25. The van der Waals surface area contributed by atoms with Crippen LogP contribution in [0.2, 0.25) is 0 Å². The van der Waals surface area contributed by atoms with Gasteiger partial charge in [0.2, 0.25) is 5.91 Å². The first-order valence-corrected chi connectivity index (χ1v) is 8.24. The van der Waals surface area contributed by atoms with Crippen molar-refractivity contribution in [1.29, 1.82) is 0 Å². The average Bonchev–Trinajstić information content (AvgIpc) is 2.89. The van der Waals surface area contributed by atoms with Crippen LogP contribution in [0.4, 0.5) is 0 Å². The van der Waals surface area contributed by atoms with Gasteiger partial charge >= 0.3 is 0 Å². The summed E-state index contributed by atoms with van der Waals surface area (Å²) in [5, 5.41) is 3.72. The number of nitrogens with zero attached hydrogens (tertiary/aromatic N) is 2. The van der Waals surface area contributed by atoms with Gasteiger partial charge in [0.1, 0.15) is 0 Å². The van der Waals surface area contributed by atoms with Gasteiger partial charge < -0.3 is 9.88 Å². The maximum atomic E-state index is 11.8. The normalized spacial score (nSPS) is 10.7. The van der Waals surface area contributed by atoms with Crippen LogP contribution >= 0.6 is 11.8 Å². The number of carbonyl (C=O) groups is 1. The minimum Gasteiger partial charge on any atom is -0.353 e. The van der Waals surface area contributed by atoms with Crippen LogP contribution in [0.5, 0.6) is 0 Å². The number of carbonyl (C=O) groups excluding carboxylic acids is 1. The molecule has 4 nitrogen and oxygen atoms in total. The van der Waals surface area contributed by atoms with Gasteiger partial charge in [0.15, 0.2) is 5.16 Å². The van der Waals surface area contributed by atoms with E-state index in [1.807, 2.05) is 44.3 Å². The average molecular weight is 315 g/mol. The fourth-order valence-corrected chi connectivity index (χ4v) is 2.91. The molecule has 0 saturated carbocycles. The van der Waals surface area contributed by atoms with Crippen molar-refractivity contribution in [1.82, 2.24) is 14.9 Å². The van der Waals surface area contributed by atoms with Crippen molar-refractivity contribution in [2.45, 2.75) is 31.6 Å². The zero-order chi connectivity index (χ0) is 15.9. The molecule has 0 radical (unpaired) electrons. The van der Waals surface area contributed by atoms with Gasteiger partial charge in [-0.25, -0.2) is 4.98 Å². The largest absolute Gasteiger partial charge is 0.353 e. The summed E-state index contributed by atoms with van der Waals surface area (Å²) in [5.74, 6) is 0.384. The number of amides is 1. The minimum absolute atomic E-state index is 0.0226. The van der Waals surface area contributed by atoms with Crippen molar-refractivity contribution < 1.29 is 4.79 Å². The van der Waals surface area contributed by atoms with Crippen molar-refractivity contribution in [3.63, 3.8) is 0 Å². The molecular weight excluding hydrogens is 294 g/mol. The third kappa shape index (κ3) is 4.24. The molecule has 22 heavy (non-hydrogen) atoms. The first-order chi connectivity index (χ1) is 10.6. The Bertz CT molecular complexity index is 635. The van der Waals surface area contributed by atoms with Crippen LogP contribution in [-0.2, 0) is 11.3 Å². The van der Waals surface area contributed by atoms with Crippen LogP contribution in [-0.4, -0.2) is 27.3 Å². The SMILES string of the molecule is C=CCn1c(-c2ccccc2)cnc1SCC(=O)NC(C)C. The van der Waals surface area contributed by atoms with Gasteiger partial charge in [-0.05, 0) is 19.4 Å². The second kappa shape index (κ2) is 7.84. The molecule has 0 aliphatic carbocycles. The van der Waals surface area contributed by atoms with Crippen LogP contribution in [0.15, 0.2) is 54.3 Å². The third-order valence-corrected chi connectivity index (χ3v) is 3.97. The van der Waals surface area contributed by atoms with Crippen molar-refractivity contribution >= 4 is 17.7 Å². The molecule has 1 amide bonds. The van der Waals surface area contributed by atoms with E-state index in [1.165, 1.54) is 11.8 Å². The Kier molecular flexibility index (Phi) is 5.83. The molecule has 1 aromatic heterocycles. The molecule has 116 valence electrons. The van der Waals surface area contributed by atoms with E-state index < -0.39 is 0 Å². The van der Waals surface area contributed by atoms with E-state index in [1.54, 1.807) is 0 Å². The Balaban J connectivity index is 2.17. The lowest BCUT2D eigenvalue weighted by Gasteiger charge is -2.10. The maximum Gasteiger partial charge on any atom is 0.230 e. The Morgan fingerprint density at radius 2 is 2.14 bits per heavy atom. The number of rotatable bonds is 7. The second-order valence-corrected chi connectivity index (χ2v) is 6.14. The molecule has 1 aromatic carbocycles. The number of imidazole rings is 1. The molecular formula is C17H21N3OS. The van der Waals surface area contributed by atoms with E-state index in [2.05, 4.69) is 33.6 Å². The summed E-state index contributed by atoms with van der Waals surface area (Å²) < 4.78 is 2.08. The summed E-state index contributed by atoms with van der Waals surface area (Å²) >= 11 is 1.44. The van der Waals surface area contributed by atoms with Crippen molar-refractivity contribution in [2.75, 3.05) is 5.75 Å². The summed E-state index contributed by atoms with van der Waals surface area (Å²) in [5.41, 5.74) is 2.14. The molecule has 2 rings (SSSR count). The first kappa shape index (κ1) is 16.4. The molecule has 0 unspecified atom stereocenters. The second-order valence-electron chi connectivity index (χ2n) is 5.20. The predicted molar refractivity (Wildman–Crippen MR) is 91.9 cm³/mol. The molecule has 1 N–H and O–H groups in total. The fourth-order valence-electron chi connectivity index (χ4n) is 2.11. The quantitative estimate of drug-likeness (QED) is 0.629. The summed E-state index contributed by atoms with van der Waals surface area (Å²) in [6.07, 6.45) is 3.69. The number of benzene rings is 1. The van der Waals surface area contributed by atoms with Crippen molar-refractivity contribution in [2.24, 2.45) is 0 Å². The topological polar surface area (TPSA) is 46.9 Å². The Labute approximate surface area is 135 Å². The number of hydrogen-bond acceptors (Lipinski definition) is 3. The highest BCUT2D eigenvalue weighted by molar-refractivity contribution is 7.99. The predicted octanol–water partition coefficient (Wildman–Crippen LogP) is 3.35. The van der Waals surface area contributed by atoms with E-state index in [9.17, 15) is 4.79 Å². The van der Waals surface area contributed by atoms with Crippen LogP contribution in [0, 0.1) is 0 Å².